The van der Waals surface area contributed by atoms with Crippen LogP contribution in [0.3, 0.4) is 0 Å². The van der Waals surface area contributed by atoms with Gasteiger partial charge in [0, 0.05) is 0 Å². The lowest BCUT2D eigenvalue weighted by Crippen LogP contribution is -2.24. The summed E-state index contributed by atoms with van der Waals surface area (Å²) in [7, 11) is 0. The zero-order valence-corrected chi connectivity index (χ0v) is 15.2. The Hall–Kier alpha value is -2.92. The molecule has 0 radical (unpaired) electrons. The van der Waals surface area contributed by atoms with E-state index in [1.807, 2.05) is 67.6 Å². The molecule has 0 unspecified atom stereocenters. The van der Waals surface area contributed by atoms with Crippen molar-refractivity contribution in [2.75, 3.05) is 0 Å². The molecule has 4 nitrogen and oxygen atoms in total. The van der Waals surface area contributed by atoms with Crippen molar-refractivity contribution in [1.82, 2.24) is 10.3 Å². The second kappa shape index (κ2) is 7.14. The monoisotopic (exact) mass is 362 g/mol. The third-order valence-corrected chi connectivity index (χ3v) is 5.16. The largest absolute Gasteiger partial charge is 0.457 e. The standard InChI is InChI=1S/C21H18N2O2S/c1-14-6-8-15(9-7-14)12-20(24)22-13-16-10-11-18(25-16)21-23-17-4-2-3-5-19(17)26-21/h2-11H,12-13H2,1H3,(H,22,24). The van der Waals surface area contributed by atoms with E-state index in [9.17, 15) is 4.79 Å². The highest BCUT2D eigenvalue weighted by molar-refractivity contribution is 7.21. The molecule has 0 saturated carbocycles. The fourth-order valence-corrected chi connectivity index (χ4v) is 3.63. The highest BCUT2D eigenvalue weighted by Gasteiger charge is 2.11. The van der Waals surface area contributed by atoms with Gasteiger partial charge >= 0.3 is 0 Å². The topological polar surface area (TPSA) is 55.1 Å². The summed E-state index contributed by atoms with van der Waals surface area (Å²) in [5.41, 5.74) is 3.16. The lowest BCUT2D eigenvalue weighted by atomic mass is 10.1. The first-order chi connectivity index (χ1) is 12.7. The maximum absolute atomic E-state index is 12.1. The van der Waals surface area contributed by atoms with E-state index in [-0.39, 0.29) is 5.91 Å². The Morgan fingerprint density at radius 2 is 1.88 bits per heavy atom. The number of fused-ring (bicyclic) bond motifs is 1. The molecule has 5 heteroatoms. The van der Waals surface area contributed by atoms with E-state index in [0.717, 1.165) is 32.3 Å². The van der Waals surface area contributed by atoms with Crippen LogP contribution in [-0.2, 0) is 17.8 Å². The van der Waals surface area contributed by atoms with Crippen molar-refractivity contribution < 1.29 is 9.21 Å². The molecule has 0 saturated heterocycles. The summed E-state index contributed by atoms with van der Waals surface area (Å²) >= 11 is 1.60. The number of aromatic nitrogens is 1. The van der Waals surface area contributed by atoms with Crippen LogP contribution in [0.4, 0.5) is 0 Å². The molecule has 2 heterocycles. The van der Waals surface area contributed by atoms with E-state index >= 15 is 0 Å². The summed E-state index contributed by atoms with van der Waals surface area (Å²) in [6, 6.07) is 19.8. The number of benzene rings is 2. The Bertz CT molecular complexity index is 1010. The van der Waals surface area contributed by atoms with E-state index in [0.29, 0.717) is 13.0 Å². The van der Waals surface area contributed by atoms with Gasteiger partial charge in [-0.1, -0.05) is 42.0 Å². The van der Waals surface area contributed by atoms with Crippen LogP contribution in [0, 0.1) is 6.92 Å². The summed E-state index contributed by atoms with van der Waals surface area (Å²) in [5.74, 6) is 1.43. The summed E-state index contributed by atoms with van der Waals surface area (Å²) in [4.78, 5) is 16.7. The molecule has 0 aliphatic heterocycles. The van der Waals surface area contributed by atoms with Gasteiger partial charge in [0.25, 0.3) is 0 Å². The summed E-state index contributed by atoms with van der Waals surface area (Å²) in [5, 5.41) is 3.75. The number of furan rings is 1. The van der Waals surface area contributed by atoms with Crippen LogP contribution in [0.15, 0.2) is 65.1 Å². The van der Waals surface area contributed by atoms with Crippen molar-refractivity contribution in [2.45, 2.75) is 19.9 Å². The molecule has 0 spiro atoms. The number of rotatable bonds is 5. The van der Waals surface area contributed by atoms with Gasteiger partial charge in [-0.25, -0.2) is 4.98 Å². The van der Waals surface area contributed by atoms with E-state index < -0.39 is 0 Å². The molecule has 1 N–H and O–H groups in total. The van der Waals surface area contributed by atoms with Crippen molar-refractivity contribution in [3.8, 4) is 10.8 Å². The van der Waals surface area contributed by atoms with Gasteiger partial charge in [0.1, 0.15) is 5.76 Å². The zero-order chi connectivity index (χ0) is 17.9. The van der Waals surface area contributed by atoms with Crippen molar-refractivity contribution in [2.24, 2.45) is 0 Å². The van der Waals surface area contributed by atoms with Crippen LogP contribution < -0.4 is 5.32 Å². The van der Waals surface area contributed by atoms with E-state index in [2.05, 4.69) is 10.3 Å². The summed E-state index contributed by atoms with van der Waals surface area (Å²) in [6.07, 6.45) is 0.367. The molecule has 0 fully saturated rings. The SMILES string of the molecule is Cc1ccc(CC(=O)NCc2ccc(-c3nc4ccccc4s3)o2)cc1. The first-order valence-corrected chi connectivity index (χ1v) is 9.26. The highest BCUT2D eigenvalue weighted by Crippen LogP contribution is 2.31. The van der Waals surface area contributed by atoms with Gasteiger partial charge in [0.05, 0.1) is 23.2 Å². The van der Waals surface area contributed by atoms with Gasteiger partial charge in [-0.05, 0) is 36.8 Å². The fourth-order valence-electron chi connectivity index (χ4n) is 2.70. The minimum Gasteiger partial charge on any atom is -0.457 e. The van der Waals surface area contributed by atoms with Crippen LogP contribution in [0.25, 0.3) is 21.0 Å². The Labute approximate surface area is 155 Å². The molecule has 4 aromatic rings. The summed E-state index contributed by atoms with van der Waals surface area (Å²) in [6.45, 7) is 2.40. The van der Waals surface area contributed by atoms with Crippen LogP contribution >= 0.6 is 11.3 Å². The molecule has 26 heavy (non-hydrogen) atoms. The fraction of sp³-hybridized carbons (Fsp3) is 0.143. The third-order valence-electron chi connectivity index (χ3n) is 4.11. The van der Waals surface area contributed by atoms with Crippen LogP contribution in [0.5, 0.6) is 0 Å². The number of carbonyl (C=O) groups excluding carboxylic acids is 1. The second-order valence-corrected chi connectivity index (χ2v) is 7.22. The number of aryl methyl sites for hydroxylation is 1. The number of thiazole rings is 1. The predicted octanol–water partition coefficient (Wildman–Crippen LogP) is 4.72. The summed E-state index contributed by atoms with van der Waals surface area (Å²) < 4.78 is 6.98. The number of nitrogens with one attached hydrogen (secondary N) is 1. The van der Waals surface area contributed by atoms with E-state index in [1.165, 1.54) is 5.56 Å². The Morgan fingerprint density at radius 1 is 1.08 bits per heavy atom. The average Bonchev–Trinajstić information content (AvgIpc) is 3.28. The van der Waals surface area contributed by atoms with Gasteiger partial charge in [-0.15, -0.1) is 11.3 Å². The van der Waals surface area contributed by atoms with Gasteiger partial charge in [0.15, 0.2) is 10.8 Å². The number of amides is 1. The Morgan fingerprint density at radius 3 is 2.69 bits per heavy atom. The number of carbonyl (C=O) groups is 1. The molecule has 0 bridgehead atoms. The first kappa shape index (κ1) is 16.5. The predicted molar refractivity (Wildman–Crippen MR) is 104 cm³/mol. The van der Waals surface area contributed by atoms with Gasteiger partial charge in [0.2, 0.25) is 5.91 Å². The van der Waals surface area contributed by atoms with Gasteiger partial charge < -0.3 is 9.73 Å². The van der Waals surface area contributed by atoms with Gasteiger partial charge in [-0.2, -0.15) is 0 Å². The molecule has 2 aromatic carbocycles. The van der Waals surface area contributed by atoms with Crippen LogP contribution in [0.2, 0.25) is 0 Å². The smallest absolute Gasteiger partial charge is 0.224 e. The second-order valence-electron chi connectivity index (χ2n) is 6.19. The molecular formula is C21H18N2O2S. The third kappa shape index (κ3) is 3.68. The lowest BCUT2D eigenvalue weighted by molar-refractivity contribution is -0.120. The van der Waals surface area contributed by atoms with Crippen molar-refractivity contribution in [1.29, 1.82) is 0 Å². The minimum absolute atomic E-state index is 0.0215. The number of hydrogen-bond acceptors (Lipinski definition) is 4. The number of para-hydroxylation sites is 1. The quantitative estimate of drug-likeness (QED) is 0.559. The minimum atomic E-state index is -0.0215. The molecule has 2 aromatic heterocycles. The molecule has 130 valence electrons. The number of hydrogen-bond donors (Lipinski definition) is 1. The van der Waals surface area contributed by atoms with E-state index in [1.54, 1.807) is 11.3 Å². The van der Waals surface area contributed by atoms with Crippen LogP contribution in [-0.4, -0.2) is 10.9 Å². The molecule has 0 aliphatic rings. The molecule has 1 amide bonds. The molecule has 0 aliphatic carbocycles. The van der Waals surface area contributed by atoms with Crippen molar-refractivity contribution >= 4 is 27.5 Å². The lowest BCUT2D eigenvalue weighted by Gasteiger charge is -2.04. The highest BCUT2D eigenvalue weighted by atomic mass is 32.1. The number of nitrogens with zero attached hydrogens (tertiary/aromatic N) is 1. The maximum atomic E-state index is 12.1. The van der Waals surface area contributed by atoms with Crippen molar-refractivity contribution in [3.63, 3.8) is 0 Å². The molecular weight excluding hydrogens is 344 g/mol. The zero-order valence-electron chi connectivity index (χ0n) is 14.4. The maximum Gasteiger partial charge on any atom is 0.224 e. The van der Waals surface area contributed by atoms with Crippen LogP contribution in [0.1, 0.15) is 16.9 Å². The van der Waals surface area contributed by atoms with E-state index in [4.69, 9.17) is 4.42 Å². The molecule has 4 rings (SSSR count). The average molecular weight is 362 g/mol. The Balaban J connectivity index is 1.38. The Kier molecular flexibility index (Phi) is 4.54. The molecule has 0 atom stereocenters. The normalized spacial score (nSPS) is 11.0. The van der Waals surface area contributed by atoms with Gasteiger partial charge in [-0.3, -0.25) is 4.79 Å². The van der Waals surface area contributed by atoms with Crippen molar-refractivity contribution in [3.05, 3.63) is 77.6 Å². The first-order valence-electron chi connectivity index (χ1n) is 8.44.